The van der Waals surface area contributed by atoms with Crippen LogP contribution in [-0.4, -0.2) is 12.2 Å². The number of para-hydroxylation sites is 1. The number of nitrogen functional groups attached to an aromatic ring is 1. The Labute approximate surface area is 115 Å². The number of primary amides is 1. The molecule has 2 aromatic rings. The van der Waals surface area contributed by atoms with Crippen molar-refractivity contribution in [3.8, 4) is 11.5 Å². The number of rotatable bonds is 4. The van der Waals surface area contributed by atoms with Crippen LogP contribution in [0.3, 0.4) is 0 Å². The van der Waals surface area contributed by atoms with Gasteiger partial charge in [-0.3, -0.25) is 4.79 Å². The Morgan fingerprint density at radius 1 is 1.16 bits per heavy atom. The molecule has 0 unspecified atom stereocenters. The largest absolute Gasteiger partial charge is 0.455 e. The summed E-state index contributed by atoms with van der Waals surface area (Å²) in [5.74, 6) is 0.494. The fourth-order valence-electron chi connectivity index (χ4n) is 1.65. The molecule has 4 N–H and O–H groups in total. The van der Waals surface area contributed by atoms with Crippen LogP contribution < -0.4 is 16.2 Å². The third-order valence-electron chi connectivity index (χ3n) is 2.56. The fraction of sp³-hybridized carbons (Fsp3) is 0.0714. The van der Waals surface area contributed by atoms with E-state index in [4.69, 9.17) is 16.2 Å². The maximum Gasteiger partial charge on any atom is 0.252 e. The first-order valence-corrected chi connectivity index (χ1v) is 6.84. The second kappa shape index (κ2) is 5.67. The lowest BCUT2D eigenvalue weighted by Gasteiger charge is -2.12. The number of carbonyl (C=O) groups excluding carboxylic acids is 1. The SMILES string of the molecule is CSc1ccccc1Oc1cc(N)ccc1C(N)=O. The van der Waals surface area contributed by atoms with Gasteiger partial charge in [-0.05, 0) is 30.5 Å². The van der Waals surface area contributed by atoms with Gasteiger partial charge in [0.25, 0.3) is 5.91 Å². The molecule has 0 saturated heterocycles. The lowest BCUT2D eigenvalue weighted by atomic mass is 10.1. The van der Waals surface area contributed by atoms with Gasteiger partial charge < -0.3 is 16.2 Å². The van der Waals surface area contributed by atoms with Crippen LogP contribution in [0.15, 0.2) is 47.4 Å². The first kappa shape index (κ1) is 13.3. The van der Waals surface area contributed by atoms with E-state index in [1.165, 1.54) is 0 Å². The van der Waals surface area contributed by atoms with Crippen molar-refractivity contribution in [3.63, 3.8) is 0 Å². The van der Waals surface area contributed by atoms with Crippen molar-refractivity contribution in [1.29, 1.82) is 0 Å². The van der Waals surface area contributed by atoms with E-state index in [1.54, 1.807) is 30.0 Å². The fourth-order valence-corrected chi connectivity index (χ4v) is 2.17. The van der Waals surface area contributed by atoms with Gasteiger partial charge in [0.1, 0.15) is 11.5 Å². The number of benzene rings is 2. The van der Waals surface area contributed by atoms with E-state index in [2.05, 4.69) is 0 Å². The molecule has 0 bridgehead atoms. The highest BCUT2D eigenvalue weighted by atomic mass is 32.2. The van der Waals surface area contributed by atoms with Gasteiger partial charge in [-0.1, -0.05) is 12.1 Å². The van der Waals surface area contributed by atoms with Crippen molar-refractivity contribution in [2.24, 2.45) is 5.73 Å². The number of thioether (sulfide) groups is 1. The number of anilines is 1. The molecule has 1 amide bonds. The van der Waals surface area contributed by atoms with Crippen molar-refractivity contribution in [2.45, 2.75) is 4.90 Å². The van der Waals surface area contributed by atoms with Gasteiger partial charge in [0.2, 0.25) is 0 Å². The summed E-state index contributed by atoms with van der Waals surface area (Å²) in [6, 6.07) is 12.3. The molecule has 0 aliphatic carbocycles. The van der Waals surface area contributed by atoms with Gasteiger partial charge in [-0.15, -0.1) is 11.8 Å². The average molecular weight is 274 g/mol. The number of hydrogen-bond donors (Lipinski definition) is 2. The molecule has 0 heterocycles. The summed E-state index contributed by atoms with van der Waals surface area (Å²) in [6.45, 7) is 0. The number of carbonyl (C=O) groups is 1. The summed E-state index contributed by atoms with van der Waals surface area (Å²) in [4.78, 5) is 12.3. The quantitative estimate of drug-likeness (QED) is 0.663. The highest BCUT2D eigenvalue weighted by Gasteiger charge is 2.12. The molecule has 0 fully saturated rings. The molecule has 19 heavy (non-hydrogen) atoms. The summed E-state index contributed by atoms with van der Waals surface area (Å²) in [6.07, 6.45) is 1.95. The molecule has 0 aliphatic heterocycles. The monoisotopic (exact) mass is 274 g/mol. The van der Waals surface area contributed by atoms with Crippen LogP contribution >= 0.6 is 11.8 Å². The number of amides is 1. The molecule has 2 rings (SSSR count). The topological polar surface area (TPSA) is 78.3 Å². The smallest absolute Gasteiger partial charge is 0.252 e. The van der Waals surface area contributed by atoms with Crippen molar-refractivity contribution < 1.29 is 9.53 Å². The highest BCUT2D eigenvalue weighted by molar-refractivity contribution is 7.98. The maximum absolute atomic E-state index is 11.4. The third kappa shape index (κ3) is 3.00. The van der Waals surface area contributed by atoms with E-state index in [0.29, 0.717) is 22.7 Å². The van der Waals surface area contributed by atoms with E-state index < -0.39 is 5.91 Å². The van der Waals surface area contributed by atoms with Crippen LogP contribution in [0.5, 0.6) is 11.5 Å². The van der Waals surface area contributed by atoms with Crippen molar-refractivity contribution in [3.05, 3.63) is 48.0 Å². The molecular weight excluding hydrogens is 260 g/mol. The van der Waals surface area contributed by atoms with Gasteiger partial charge in [0.15, 0.2) is 0 Å². The lowest BCUT2D eigenvalue weighted by Crippen LogP contribution is -2.12. The Bertz CT molecular complexity index is 614. The molecule has 2 aromatic carbocycles. The van der Waals surface area contributed by atoms with Crippen LogP contribution in [-0.2, 0) is 0 Å². The Kier molecular flexibility index (Phi) is 3.97. The zero-order valence-corrected chi connectivity index (χ0v) is 11.2. The van der Waals surface area contributed by atoms with E-state index in [1.807, 2.05) is 30.5 Å². The summed E-state index contributed by atoms with van der Waals surface area (Å²) in [7, 11) is 0. The zero-order chi connectivity index (χ0) is 13.8. The van der Waals surface area contributed by atoms with Crippen molar-refractivity contribution in [2.75, 3.05) is 12.0 Å². The van der Waals surface area contributed by atoms with E-state index >= 15 is 0 Å². The standard InChI is InChI=1S/C14H14N2O2S/c1-19-13-5-3-2-4-11(13)18-12-8-9(15)6-7-10(12)14(16)17/h2-8H,15H2,1H3,(H2,16,17). The summed E-state index contributed by atoms with van der Waals surface area (Å²) < 4.78 is 5.77. The molecule has 0 saturated carbocycles. The molecule has 4 nitrogen and oxygen atoms in total. The van der Waals surface area contributed by atoms with E-state index in [-0.39, 0.29) is 0 Å². The first-order chi connectivity index (χ1) is 9.11. The second-order valence-corrected chi connectivity index (χ2v) is 4.72. The van der Waals surface area contributed by atoms with Gasteiger partial charge in [-0.2, -0.15) is 0 Å². The molecule has 0 radical (unpaired) electrons. The van der Waals surface area contributed by atoms with E-state index in [9.17, 15) is 4.79 Å². The second-order valence-electron chi connectivity index (χ2n) is 3.87. The Balaban J connectivity index is 2.42. The molecule has 0 spiro atoms. The molecule has 5 heteroatoms. The Morgan fingerprint density at radius 3 is 2.58 bits per heavy atom. The molecule has 0 atom stereocenters. The van der Waals surface area contributed by atoms with Crippen LogP contribution in [0.25, 0.3) is 0 Å². The molecule has 0 aliphatic rings. The number of ether oxygens (including phenoxy) is 1. The first-order valence-electron chi connectivity index (χ1n) is 5.62. The zero-order valence-electron chi connectivity index (χ0n) is 10.4. The van der Waals surface area contributed by atoms with Crippen LogP contribution in [0.1, 0.15) is 10.4 Å². The number of nitrogens with two attached hydrogens (primary N) is 2. The minimum atomic E-state index is -0.545. The van der Waals surface area contributed by atoms with Gasteiger partial charge in [0.05, 0.1) is 5.56 Å². The van der Waals surface area contributed by atoms with Crippen molar-refractivity contribution >= 4 is 23.4 Å². The third-order valence-corrected chi connectivity index (χ3v) is 3.34. The molecular formula is C14H14N2O2S. The molecule has 0 aromatic heterocycles. The minimum absolute atomic E-state index is 0.310. The normalized spacial score (nSPS) is 10.2. The summed E-state index contributed by atoms with van der Waals surface area (Å²) in [5, 5.41) is 0. The number of hydrogen-bond acceptors (Lipinski definition) is 4. The Hall–Kier alpha value is -2.14. The van der Waals surface area contributed by atoms with Crippen LogP contribution in [0, 0.1) is 0 Å². The van der Waals surface area contributed by atoms with E-state index in [0.717, 1.165) is 4.90 Å². The van der Waals surface area contributed by atoms with Gasteiger partial charge >= 0.3 is 0 Å². The van der Waals surface area contributed by atoms with Crippen LogP contribution in [0.2, 0.25) is 0 Å². The minimum Gasteiger partial charge on any atom is -0.455 e. The molecule has 98 valence electrons. The lowest BCUT2D eigenvalue weighted by molar-refractivity contribution is 0.0998. The van der Waals surface area contributed by atoms with Gasteiger partial charge in [0, 0.05) is 16.6 Å². The summed E-state index contributed by atoms with van der Waals surface area (Å²) in [5.41, 5.74) is 11.9. The predicted molar refractivity (Wildman–Crippen MR) is 77.7 cm³/mol. The Morgan fingerprint density at radius 2 is 1.89 bits per heavy atom. The predicted octanol–water partition coefficient (Wildman–Crippen LogP) is 2.88. The van der Waals surface area contributed by atoms with Crippen LogP contribution in [0.4, 0.5) is 5.69 Å². The summed E-state index contributed by atoms with van der Waals surface area (Å²) >= 11 is 1.56. The highest BCUT2D eigenvalue weighted by Crippen LogP contribution is 2.33. The maximum atomic E-state index is 11.4. The van der Waals surface area contributed by atoms with Crippen molar-refractivity contribution in [1.82, 2.24) is 0 Å². The average Bonchev–Trinajstić information content (AvgIpc) is 2.39. The van der Waals surface area contributed by atoms with Gasteiger partial charge in [-0.25, -0.2) is 0 Å².